The minimum Gasteiger partial charge on any atom is -0.244 e. The zero-order chi connectivity index (χ0) is 9.60. The van der Waals surface area contributed by atoms with E-state index in [4.69, 9.17) is 5.26 Å². The first-order chi connectivity index (χ1) is 6.84. The number of hydrogen-bond donors (Lipinski definition) is 0. The van der Waals surface area contributed by atoms with Crippen molar-refractivity contribution in [3.63, 3.8) is 0 Å². The molecule has 1 aromatic rings. The Morgan fingerprint density at radius 1 is 1.50 bits per heavy atom. The van der Waals surface area contributed by atoms with Gasteiger partial charge in [-0.3, -0.25) is 0 Å². The second-order valence-corrected chi connectivity index (χ2v) is 5.28. The lowest BCUT2D eigenvalue weighted by atomic mass is 9.86. The smallest absolute Gasteiger partial charge is 0.100 e. The molecular weight excluding hydrogens is 192 g/mol. The summed E-state index contributed by atoms with van der Waals surface area (Å²) in [6, 6.07) is 2.40. The second-order valence-electron chi connectivity index (χ2n) is 4.39. The SMILES string of the molecule is N#CC1(c2csc(C3CCC3)n2)CC1. The van der Waals surface area contributed by atoms with Gasteiger partial charge in [0, 0.05) is 11.3 Å². The van der Waals surface area contributed by atoms with E-state index in [2.05, 4.69) is 16.4 Å². The zero-order valence-electron chi connectivity index (χ0n) is 7.99. The molecule has 0 bridgehead atoms. The Kier molecular flexibility index (Phi) is 1.69. The van der Waals surface area contributed by atoms with Crippen LogP contribution in [-0.4, -0.2) is 4.98 Å². The molecule has 1 heterocycles. The molecule has 2 saturated carbocycles. The third-order valence-electron chi connectivity index (χ3n) is 3.43. The maximum absolute atomic E-state index is 9.04. The van der Waals surface area contributed by atoms with Crippen LogP contribution in [0.2, 0.25) is 0 Å². The van der Waals surface area contributed by atoms with Crippen LogP contribution in [0, 0.1) is 11.3 Å². The molecule has 0 radical (unpaired) electrons. The minimum atomic E-state index is -0.182. The van der Waals surface area contributed by atoms with Crippen LogP contribution in [-0.2, 0) is 5.41 Å². The summed E-state index contributed by atoms with van der Waals surface area (Å²) < 4.78 is 0. The van der Waals surface area contributed by atoms with Gasteiger partial charge in [0.15, 0.2) is 0 Å². The van der Waals surface area contributed by atoms with Crippen molar-refractivity contribution in [1.82, 2.24) is 4.98 Å². The summed E-state index contributed by atoms with van der Waals surface area (Å²) in [7, 11) is 0. The summed E-state index contributed by atoms with van der Waals surface area (Å²) >= 11 is 1.75. The number of nitrogens with zero attached hydrogens (tertiary/aromatic N) is 2. The van der Waals surface area contributed by atoms with E-state index >= 15 is 0 Å². The van der Waals surface area contributed by atoms with Gasteiger partial charge in [0.25, 0.3) is 0 Å². The van der Waals surface area contributed by atoms with E-state index in [0.717, 1.165) is 18.5 Å². The first kappa shape index (κ1) is 8.43. The molecule has 1 aromatic heterocycles. The molecule has 14 heavy (non-hydrogen) atoms. The standard InChI is InChI=1S/C11H12N2S/c12-7-11(4-5-11)9-6-14-10(13-9)8-2-1-3-8/h6,8H,1-5H2. The molecule has 2 fully saturated rings. The molecule has 3 heteroatoms. The van der Waals surface area contributed by atoms with Crippen molar-refractivity contribution in [1.29, 1.82) is 5.26 Å². The molecule has 0 atom stereocenters. The third kappa shape index (κ3) is 1.10. The number of hydrogen-bond acceptors (Lipinski definition) is 3. The van der Waals surface area contributed by atoms with E-state index in [1.54, 1.807) is 11.3 Å². The van der Waals surface area contributed by atoms with Gasteiger partial charge in [-0.2, -0.15) is 5.26 Å². The molecule has 0 aromatic carbocycles. The van der Waals surface area contributed by atoms with Crippen molar-refractivity contribution >= 4 is 11.3 Å². The Labute approximate surface area is 87.6 Å². The van der Waals surface area contributed by atoms with Crippen LogP contribution in [0.15, 0.2) is 5.38 Å². The Hall–Kier alpha value is -0.880. The largest absolute Gasteiger partial charge is 0.244 e. The Balaban J connectivity index is 1.87. The van der Waals surface area contributed by atoms with Crippen LogP contribution in [0.1, 0.15) is 48.7 Å². The van der Waals surface area contributed by atoms with Crippen LogP contribution >= 0.6 is 11.3 Å². The normalized spacial score (nSPS) is 23.9. The van der Waals surface area contributed by atoms with E-state index in [0.29, 0.717) is 5.92 Å². The van der Waals surface area contributed by atoms with Crippen molar-refractivity contribution in [3.05, 3.63) is 16.1 Å². The highest BCUT2D eigenvalue weighted by Crippen LogP contribution is 2.49. The van der Waals surface area contributed by atoms with E-state index in [1.807, 2.05) is 0 Å². The maximum Gasteiger partial charge on any atom is 0.100 e. The van der Waals surface area contributed by atoms with Crippen molar-refractivity contribution < 1.29 is 0 Å². The van der Waals surface area contributed by atoms with Gasteiger partial charge in [-0.25, -0.2) is 4.98 Å². The van der Waals surface area contributed by atoms with Crippen LogP contribution < -0.4 is 0 Å². The topological polar surface area (TPSA) is 36.7 Å². The summed E-state index contributed by atoms with van der Waals surface area (Å²) in [5.74, 6) is 0.711. The predicted molar refractivity (Wildman–Crippen MR) is 55.2 cm³/mol. The molecule has 0 N–H and O–H groups in total. The van der Waals surface area contributed by atoms with Crippen molar-refractivity contribution in [2.75, 3.05) is 0 Å². The van der Waals surface area contributed by atoms with Gasteiger partial charge in [0.2, 0.25) is 0 Å². The van der Waals surface area contributed by atoms with Gasteiger partial charge in [0.1, 0.15) is 5.41 Å². The lowest BCUT2D eigenvalue weighted by Gasteiger charge is -2.22. The average Bonchev–Trinajstić information content (AvgIpc) is 2.78. The molecule has 2 nitrogen and oxygen atoms in total. The molecule has 2 aliphatic rings. The Morgan fingerprint density at radius 3 is 2.79 bits per heavy atom. The maximum atomic E-state index is 9.04. The van der Waals surface area contributed by atoms with E-state index in [1.165, 1.54) is 24.3 Å². The van der Waals surface area contributed by atoms with Crippen molar-refractivity contribution in [3.8, 4) is 6.07 Å². The molecule has 0 saturated heterocycles. The van der Waals surface area contributed by atoms with Gasteiger partial charge in [-0.05, 0) is 25.7 Å². The van der Waals surface area contributed by atoms with Crippen LogP contribution in [0.3, 0.4) is 0 Å². The molecule has 72 valence electrons. The minimum absolute atomic E-state index is 0.182. The summed E-state index contributed by atoms with van der Waals surface area (Å²) in [5, 5.41) is 12.4. The fourth-order valence-electron chi connectivity index (χ4n) is 1.90. The lowest BCUT2D eigenvalue weighted by molar-refractivity contribution is 0.417. The summed E-state index contributed by atoms with van der Waals surface area (Å²) in [6.45, 7) is 0. The van der Waals surface area contributed by atoms with E-state index < -0.39 is 0 Å². The summed E-state index contributed by atoms with van der Waals surface area (Å²) in [6.07, 6.45) is 5.97. The molecular formula is C11H12N2S. The molecule has 0 amide bonds. The second kappa shape index (κ2) is 2.80. The molecule has 2 aliphatic carbocycles. The Morgan fingerprint density at radius 2 is 2.29 bits per heavy atom. The number of rotatable bonds is 2. The third-order valence-corrected chi connectivity index (χ3v) is 4.44. The number of thiazole rings is 1. The molecule has 0 spiro atoms. The fourth-order valence-corrected chi connectivity index (χ4v) is 2.99. The highest BCUT2D eigenvalue weighted by atomic mass is 32.1. The molecule has 0 aliphatic heterocycles. The van der Waals surface area contributed by atoms with Gasteiger partial charge in [-0.15, -0.1) is 11.3 Å². The average molecular weight is 204 g/mol. The number of aromatic nitrogens is 1. The monoisotopic (exact) mass is 204 g/mol. The van der Waals surface area contributed by atoms with Gasteiger partial charge >= 0.3 is 0 Å². The first-order valence-electron chi connectivity index (χ1n) is 5.21. The van der Waals surface area contributed by atoms with Crippen LogP contribution in [0.5, 0.6) is 0 Å². The lowest BCUT2D eigenvalue weighted by Crippen LogP contribution is -2.09. The number of nitriles is 1. The van der Waals surface area contributed by atoms with Gasteiger partial charge in [0.05, 0.1) is 16.8 Å². The Bertz CT molecular complexity index is 394. The zero-order valence-corrected chi connectivity index (χ0v) is 8.81. The van der Waals surface area contributed by atoms with Crippen LogP contribution in [0.4, 0.5) is 0 Å². The van der Waals surface area contributed by atoms with Crippen LogP contribution in [0.25, 0.3) is 0 Å². The van der Waals surface area contributed by atoms with E-state index in [9.17, 15) is 0 Å². The predicted octanol–water partition coefficient (Wildman–Crippen LogP) is 2.97. The fraction of sp³-hybridized carbons (Fsp3) is 0.636. The highest BCUT2D eigenvalue weighted by molar-refractivity contribution is 7.09. The first-order valence-corrected chi connectivity index (χ1v) is 6.09. The summed E-state index contributed by atoms with van der Waals surface area (Å²) in [5.41, 5.74) is 0.866. The molecule has 0 unspecified atom stereocenters. The highest BCUT2D eigenvalue weighted by Gasteiger charge is 2.47. The van der Waals surface area contributed by atoms with E-state index in [-0.39, 0.29) is 5.41 Å². The quantitative estimate of drug-likeness (QED) is 0.742. The van der Waals surface area contributed by atoms with Crippen molar-refractivity contribution in [2.45, 2.75) is 43.4 Å². The van der Waals surface area contributed by atoms with Gasteiger partial charge in [-0.1, -0.05) is 6.42 Å². The molecule has 3 rings (SSSR count). The van der Waals surface area contributed by atoms with Crippen molar-refractivity contribution in [2.24, 2.45) is 0 Å². The summed E-state index contributed by atoms with van der Waals surface area (Å²) in [4.78, 5) is 4.63. The van der Waals surface area contributed by atoms with Gasteiger partial charge < -0.3 is 0 Å².